The zero-order valence-corrected chi connectivity index (χ0v) is 10.4. The van der Waals surface area contributed by atoms with Crippen LogP contribution in [0, 0.1) is 6.92 Å². The van der Waals surface area contributed by atoms with Gasteiger partial charge in [0.15, 0.2) is 0 Å². The van der Waals surface area contributed by atoms with E-state index in [1.807, 2.05) is 0 Å². The number of carbonyl (C=O) groups excluding carboxylic acids is 1. The number of carbonyl (C=O) groups is 1. The predicted molar refractivity (Wildman–Crippen MR) is 61.5 cm³/mol. The zero-order valence-electron chi connectivity index (χ0n) is 8.07. The van der Waals surface area contributed by atoms with E-state index < -0.39 is 0 Å². The number of halogens is 2. The highest BCUT2D eigenvalue weighted by Gasteiger charge is 2.29. The first kappa shape index (κ1) is 10.8. The van der Waals surface area contributed by atoms with Crippen molar-refractivity contribution < 1.29 is 4.79 Å². The summed E-state index contributed by atoms with van der Waals surface area (Å²) in [6.07, 6.45) is 0.501. The van der Waals surface area contributed by atoms with Gasteiger partial charge in [0.05, 0.1) is 0 Å². The average Bonchev–Trinajstić information content (AvgIpc) is 2.43. The van der Waals surface area contributed by atoms with E-state index in [9.17, 15) is 4.79 Å². The number of nitrogens with zero attached hydrogens (tertiary/aromatic N) is 3. The van der Waals surface area contributed by atoms with Crippen LogP contribution < -0.4 is 4.90 Å². The Hall–Kier alpha value is -0.680. The highest BCUT2D eigenvalue weighted by atomic mass is 79.9. The summed E-state index contributed by atoms with van der Waals surface area (Å²) in [6.45, 7) is 2.38. The van der Waals surface area contributed by atoms with Crippen molar-refractivity contribution in [1.29, 1.82) is 0 Å². The molecule has 0 aromatic carbocycles. The van der Waals surface area contributed by atoms with E-state index in [-0.39, 0.29) is 10.7 Å². The molecule has 80 valence electrons. The summed E-state index contributed by atoms with van der Waals surface area (Å²) in [5.41, 5.74) is 0. The third-order valence-corrected chi connectivity index (χ3v) is 2.95. The molecule has 0 N–H and O–H groups in total. The van der Waals surface area contributed by atoms with Crippen molar-refractivity contribution >= 4 is 39.3 Å². The smallest absolute Gasteiger partial charge is 0.229 e. The second-order valence-corrected chi connectivity index (χ2v) is 5.08. The number of rotatable bonds is 1. The first-order valence-electron chi connectivity index (χ1n) is 4.52. The maximum Gasteiger partial charge on any atom is 0.229 e. The van der Waals surface area contributed by atoms with Crippen LogP contribution in [-0.2, 0) is 4.79 Å². The molecule has 15 heavy (non-hydrogen) atoms. The van der Waals surface area contributed by atoms with Gasteiger partial charge in [0.25, 0.3) is 0 Å². The lowest BCUT2D eigenvalue weighted by atomic mass is 10.4. The molecule has 1 atom stereocenters. The van der Waals surface area contributed by atoms with Crippen LogP contribution in [0.4, 0.5) is 5.82 Å². The van der Waals surface area contributed by atoms with Crippen molar-refractivity contribution in [2.75, 3.05) is 11.4 Å². The Morgan fingerprint density at radius 3 is 2.87 bits per heavy atom. The van der Waals surface area contributed by atoms with Crippen LogP contribution in [0.2, 0.25) is 5.15 Å². The van der Waals surface area contributed by atoms with Gasteiger partial charge in [-0.15, -0.1) is 0 Å². The van der Waals surface area contributed by atoms with E-state index >= 15 is 0 Å². The van der Waals surface area contributed by atoms with Crippen molar-refractivity contribution in [3.05, 3.63) is 17.0 Å². The van der Waals surface area contributed by atoms with Crippen molar-refractivity contribution in [3.8, 4) is 0 Å². The maximum absolute atomic E-state index is 11.6. The Labute approximate surface area is 101 Å². The van der Waals surface area contributed by atoms with Gasteiger partial charge in [-0.1, -0.05) is 27.5 Å². The number of alkyl halides is 1. The summed E-state index contributed by atoms with van der Waals surface area (Å²) in [4.78, 5) is 21.6. The number of hydrogen-bond acceptors (Lipinski definition) is 3. The molecule has 1 amide bonds. The van der Waals surface area contributed by atoms with Gasteiger partial charge in [0.1, 0.15) is 16.8 Å². The molecule has 0 radical (unpaired) electrons. The van der Waals surface area contributed by atoms with Crippen LogP contribution in [0.25, 0.3) is 0 Å². The molecule has 4 nitrogen and oxygen atoms in total. The summed E-state index contributed by atoms with van der Waals surface area (Å²) in [5.74, 6) is 1.22. The van der Waals surface area contributed by atoms with Crippen LogP contribution >= 0.6 is 27.5 Å². The second kappa shape index (κ2) is 4.06. The molecule has 2 rings (SSSR count). The number of hydrogen-bond donors (Lipinski definition) is 0. The molecule has 2 heterocycles. The molecule has 0 aliphatic carbocycles. The van der Waals surface area contributed by atoms with Crippen molar-refractivity contribution in [3.63, 3.8) is 0 Å². The van der Waals surface area contributed by atoms with Crippen LogP contribution in [0.5, 0.6) is 0 Å². The van der Waals surface area contributed by atoms with E-state index in [0.717, 1.165) is 0 Å². The third kappa shape index (κ3) is 2.29. The van der Waals surface area contributed by atoms with Crippen LogP contribution in [-0.4, -0.2) is 27.2 Å². The highest BCUT2D eigenvalue weighted by molar-refractivity contribution is 9.09. The largest absolute Gasteiger partial charge is 0.295 e. The third-order valence-electron chi connectivity index (χ3n) is 2.15. The molecule has 0 bridgehead atoms. The minimum Gasteiger partial charge on any atom is -0.295 e. The number of aryl methyl sites for hydroxylation is 1. The van der Waals surface area contributed by atoms with Gasteiger partial charge in [-0.2, -0.15) is 0 Å². The van der Waals surface area contributed by atoms with E-state index in [0.29, 0.717) is 29.8 Å². The number of anilines is 1. The first-order chi connectivity index (χ1) is 7.06. The maximum atomic E-state index is 11.6. The van der Waals surface area contributed by atoms with Crippen LogP contribution in [0.1, 0.15) is 12.2 Å². The summed E-state index contributed by atoms with van der Waals surface area (Å²) >= 11 is 9.23. The summed E-state index contributed by atoms with van der Waals surface area (Å²) in [6, 6.07) is 1.61. The predicted octanol–water partition coefficient (Wildman–Crippen LogP) is 1.94. The Kier molecular flexibility index (Phi) is 2.93. The normalized spacial score (nSPS) is 21.1. The van der Waals surface area contributed by atoms with Gasteiger partial charge in [-0.05, 0) is 6.92 Å². The lowest BCUT2D eigenvalue weighted by Crippen LogP contribution is -2.25. The van der Waals surface area contributed by atoms with Gasteiger partial charge in [-0.25, -0.2) is 9.97 Å². The minimum atomic E-state index is 0.0611. The fourth-order valence-corrected chi connectivity index (χ4v) is 2.33. The molecule has 1 unspecified atom stereocenters. The summed E-state index contributed by atoms with van der Waals surface area (Å²) in [5, 5.41) is 0.364. The fourth-order valence-electron chi connectivity index (χ4n) is 1.54. The lowest BCUT2D eigenvalue weighted by Gasteiger charge is -2.14. The van der Waals surface area contributed by atoms with Crippen molar-refractivity contribution in [2.24, 2.45) is 0 Å². The molecule has 1 aliphatic rings. The Morgan fingerprint density at radius 1 is 1.60 bits per heavy atom. The average molecular weight is 291 g/mol. The standard InChI is InChI=1S/C9H9BrClN3O/c1-5-12-7(11)3-8(13-5)14-4-6(10)2-9(14)15/h3,6H,2,4H2,1H3. The van der Waals surface area contributed by atoms with Gasteiger partial charge in [0.2, 0.25) is 5.91 Å². The Bertz CT molecular complexity index is 392. The van der Waals surface area contributed by atoms with E-state index in [1.54, 1.807) is 17.9 Å². The fraction of sp³-hybridized carbons (Fsp3) is 0.444. The molecule has 0 spiro atoms. The SMILES string of the molecule is Cc1nc(Cl)cc(N2CC(Br)CC2=O)n1. The van der Waals surface area contributed by atoms with Gasteiger partial charge in [0, 0.05) is 23.9 Å². The molecule has 1 fully saturated rings. The number of aromatic nitrogens is 2. The van der Waals surface area contributed by atoms with E-state index in [4.69, 9.17) is 11.6 Å². The second-order valence-electron chi connectivity index (χ2n) is 3.40. The Morgan fingerprint density at radius 2 is 2.33 bits per heavy atom. The molecule has 1 saturated heterocycles. The monoisotopic (exact) mass is 289 g/mol. The van der Waals surface area contributed by atoms with E-state index in [2.05, 4.69) is 25.9 Å². The summed E-state index contributed by atoms with van der Waals surface area (Å²) < 4.78 is 0. The van der Waals surface area contributed by atoms with Crippen LogP contribution in [0.3, 0.4) is 0 Å². The zero-order chi connectivity index (χ0) is 11.0. The lowest BCUT2D eigenvalue weighted by molar-refractivity contribution is -0.117. The molecule has 1 aromatic rings. The Balaban J connectivity index is 2.33. The minimum absolute atomic E-state index is 0.0611. The van der Waals surface area contributed by atoms with Crippen LogP contribution in [0.15, 0.2) is 6.07 Å². The van der Waals surface area contributed by atoms with Gasteiger partial charge < -0.3 is 0 Å². The molecule has 0 saturated carbocycles. The van der Waals surface area contributed by atoms with Crippen molar-refractivity contribution in [1.82, 2.24) is 9.97 Å². The molecule has 6 heteroatoms. The molecular formula is C9H9BrClN3O. The topological polar surface area (TPSA) is 46.1 Å². The highest BCUT2D eigenvalue weighted by Crippen LogP contribution is 2.24. The molecule has 1 aromatic heterocycles. The van der Waals surface area contributed by atoms with Gasteiger partial charge >= 0.3 is 0 Å². The first-order valence-corrected chi connectivity index (χ1v) is 5.81. The molecular weight excluding hydrogens is 281 g/mol. The molecule has 1 aliphatic heterocycles. The number of amides is 1. The van der Waals surface area contributed by atoms with Crippen molar-refractivity contribution in [2.45, 2.75) is 18.2 Å². The quantitative estimate of drug-likeness (QED) is 0.586. The summed E-state index contributed by atoms with van der Waals surface area (Å²) in [7, 11) is 0. The van der Waals surface area contributed by atoms with Gasteiger partial charge in [-0.3, -0.25) is 9.69 Å². The van der Waals surface area contributed by atoms with E-state index in [1.165, 1.54) is 0 Å².